The molecular weight excluding hydrogens is 357 g/mol. The molecule has 22 heavy (non-hydrogen) atoms. The molecule has 0 rings (SSSR count). The molecule has 0 saturated heterocycles. The van der Waals surface area contributed by atoms with Gasteiger partial charge in [0, 0.05) is 6.21 Å². The lowest BCUT2D eigenvalue weighted by Gasteiger charge is -2.28. The van der Waals surface area contributed by atoms with Crippen molar-refractivity contribution in [3.8, 4) is 0 Å². The Morgan fingerprint density at radius 1 is 1.14 bits per heavy atom. The predicted octanol–water partition coefficient (Wildman–Crippen LogP) is 3.28. The van der Waals surface area contributed by atoms with Crippen LogP contribution in [0, 0.1) is 16.2 Å². The average molecular weight is 382 g/mol. The zero-order valence-corrected chi connectivity index (χ0v) is 15.5. The minimum Gasteiger partial charge on any atom is -0.464 e. The molecule has 3 atom stereocenters. The quantitative estimate of drug-likeness (QED) is 0.435. The molecule has 0 aliphatic rings. The molecule has 1 N–H and O–H groups in total. The number of nitrogens with one attached hydrogen (secondary N) is 1. The van der Waals surface area contributed by atoms with Gasteiger partial charge in [-0.05, 0) is 41.5 Å². The summed E-state index contributed by atoms with van der Waals surface area (Å²) in [6.07, 6.45) is -2.47. The second kappa shape index (κ2) is 8.04. The molecule has 0 radical (unpaired) electrons. The first-order valence-electron chi connectivity index (χ1n) is 6.97. The molecule has 0 saturated carbocycles. The van der Waals surface area contributed by atoms with Gasteiger partial charge in [0.2, 0.25) is 0 Å². The van der Waals surface area contributed by atoms with Crippen LogP contribution in [0.2, 0.25) is 0 Å². The molecule has 128 valence electrons. The molecule has 0 fully saturated rings. The molecule has 0 heterocycles. The van der Waals surface area contributed by atoms with Crippen LogP contribution in [0.15, 0.2) is 0 Å². The van der Waals surface area contributed by atoms with Crippen molar-refractivity contribution in [2.24, 2.45) is 10.8 Å². The Balaban J connectivity index is 4.87. The van der Waals surface area contributed by atoms with Crippen LogP contribution in [0.25, 0.3) is 0 Å². The van der Waals surface area contributed by atoms with Crippen molar-refractivity contribution in [2.75, 3.05) is 6.61 Å². The number of esters is 2. The van der Waals surface area contributed by atoms with E-state index in [0.29, 0.717) is 6.21 Å². The number of hydrogen-bond donors (Lipinski definition) is 1. The number of alkyl halides is 2. The predicted molar refractivity (Wildman–Crippen MR) is 86.1 cm³/mol. The highest BCUT2D eigenvalue weighted by molar-refractivity contribution is 9.09. The lowest BCUT2D eigenvalue weighted by Crippen LogP contribution is -2.42. The lowest BCUT2D eigenvalue weighted by molar-refractivity contribution is -0.162. The Labute approximate surface area is 139 Å². The second-order valence-electron chi connectivity index (χ2n) is 7.10. The maximum Gasteiger partial charge on any atom is 0.311 e. The molecule has 0 aromatic carbocycles. The average Bonchev–Trinajstić information content (AvgIpc) is 2.38. The van der Waals surface area contributed by atoms with Crippen LogP contribution >= 0.6 is 15.9 Å². The maximum atomic E-state index is 13.9. The maximum absolute atomic E-state index is 13.9. The summed E-state index contributed by atoms with van der Waals surface area (Å²) in [6, 6.07) is 0. The Morgan fingerprint density at radius 2 is 1.59 bits per heavy atom. The Morgan fingerprint density at radius 3 is 1.95 bits per heavy atom. The summed E-state index contributed by atoms with van der Waals surface area (Å²) in [5, 5.41) is 7.03. The van der Waals surface area contributed by atoms with Crippen LogP contribution in [0.4, 0.5) is 4.39 Å². The van der Waals surface area contributed by atoms with Crippen LogP contribution < -0.4 is 0 Å². The first-order valence-corrected chi connectivity index (χ1v) is 7.89. The summed E-state index contributed by atoms with van der Waals surface area (Å²) in [6.45, 7) is 9.88. The second-order valence-corrected chi connectivity index (χ2v) is 8.27. The topological polar surface area (TPSA) is 76.5 Å². The highest BCUT2D eigenvalue weighted by Crippen LogP contribution is 2.23. The number of rotatable bonds is 6. The molecule has 0 amide bonds. The molecule has 0 aliphatic heterocycles. The van der Waals surface area contributed by atoms with Crippen LogP contribution in [0.3, 0.4) is 0 Å². The van der Waals surface area contributed by atoms with E-state index in [4.69, 9.17) is 14.9 Å². The third-order valence-corrected chi connectivity index (χ3v) is 3.46. The molecule has 0 aromatic rings. The summed E-state index contributed by atoms with van der Waals surface area (Å²) < 4.78 is 24.1. The van der Waals surface area contributed by atoms with E-state index in [1.165, 1.54) is 0 Å². The van der Waals surface area contributed by atoms with Crippen molar-refractivity contribution in [1.29, 1.82) is 5.41 Å². The van der Waals surface area contributed by atoms with E-state index in [9.17, 15) is 14.0 Å². The first-order chi connectivity index (χ1) is 9.80. The zero-order chi connectivity index (χ0) is 17.7. The summed E-state index contributed by atoms with van der Waals surface area (Å²) in [5.74, 6) is -1.03. The minimum atomic E-state index is -1.79. The fraction of sp³-hybridized carbons (Fsp3) is 0.800. The van der Waals surface area contributed by atoms with Gasteiger partial charge in [-0.1, -0.05) is 15.9 Å². The van der Waals surface area contributed by atoms with Gasteiger partial charge >= 0.3 is 11.9 Å². The molecule has 0 aromatic heterocycles. The zero-order valence-electron chi connectivity index (χ0n) is 13.9. The van der Waals surface area contributed by atoms with Gasteiger partial charge in [0.1, 0.15) is 6.61 Å². The standard InChI is InChI=1S/C15H25BrFNO4/c1-14(2,3)12(19)21-8-9(16)11(10(17)7-18)22-13(20)15(4,5)6/h7,9-11,18H,8H2,1-6H3/t9-,10+,11+/m0/s1. The molecule has 0 spiro atoms. The number of hydrogen-bond acceptors (Lipinski definition) is 5. The van der Waals surface area contributed by atoms with E-state index in [-0.39, 0.29) is 6.61 Å². The minimum absolute atomic E-state index is 0.160. The molecule has 0 aliphatic carbocycles. The number of carbonyl (C=O) groups excluding carboxylic acids is 2. The molecule has 7 heteroatoms. The Bertz CT molecular complexity index is 415. The third kappa shape index (κ3) is 6.85. The summed E-state index contributed by atoms with van der Waals surface area (Å²) in [5.41, 5.74) is -1.48. The van der Waals surface area contributed by atoms with Gasteiger partial charge in [0.15, 0.2) is 12.3 Å². The third-order valence-electron chi connectivity index (χ3n) is 2.67. The van der Waals surface area contributed by atoms with Crippen molar-refractivity contribution in [3.63, 3.8) is 0 Å². The van der Waals surface area contributed by atoms with Crippen molar-refractivity contribution in [1.82, 2.24) is 0 Å². The van der Waals surface area contributed by atoms with E-state index in [0.717, 1.165) is 0 Å². The van der Waals surface area contributed by atoms with Gasteiger partial charge in [-0.25, -0.2) is 4.39 Å². The van der Waals surface area contributed by atoms with Gasteiger partial charge in [-0.3, -0.25) is 9.59 Å². The number of ether oxygens (including phenoxy) is 2. The molecular formula is C15H25BrFNO4. The fourth-order valence-electron chi connectivity index (χ4n) is 1.20. The molecule has 0 unspecified atom stereocenters. The Kier molecular flexibility index (Phi) is 7.68. The van der Waals surface area contributed by atoms with Gasteiger partial charge in [0.25, 0.3) is 0 Å². The summed E-state index contributed by atoms with van der Waals surface area (Å²) in [4.78, 5) is 22.9. The van der Waals surface area contributed by atoms with E-state index >= 15 is 0 Å². The summed E-state index contributed by atoms with van der Waals surface area (Å²) >= 11 is 3.18. The van der Waals surface area contributed by atoms with Crippen molar-refractivity contribution in [3.05, 3.63) is 0 Å². The normalized spacial score (nSPS) is 16.4. The molecule has 0 bridgehead atoms. The Hall–Kier alpha value is -0.980. The highest BCUT2D eigenvalue weighted by Gasteiger charge is 2.35. The van der Waals surface area contributed by atoms with Crippen LogP contribution in [0.1, 0.15) is 41.5 Å². The summed E-state index contributed by atoms with van der Waals surface area (Å²) in [7, 11) is 0. The van der Waals surface area contributed by atoms with Crippen LogP contribution in [-0.2, 0) is 19.1 Å². The SMILES string of the molecule is CC(C)(C)C(=O)OC[C@H](Br)[C@@H](OC(=O)C(C)(C)C)[C@H](F)C=N. The van der Waals surface area contributed by atoms with Crippen LogP contribution in [-0.4, -0.2) is 41.9 Å². The van der Waals surface area contributed by atoms with Crippen LogP contribution in [0.5, 0.6) is 0 Å². The van der Waals surface area contributed by atoms with E-state index in [1.54, 1.807) is 41.5 Å². The van der Waals surface area contributed by atoms with E-state index in [2.05, 4.69) is 15.9 Å². The van der Waals surface area contributed by atoms with Crippen molar-refractivity contribution >= 4 is 34.1 Å². The fourth-order valence-corrected chi connectivity index (χ4v) is 1.73. The monoisotopic (exact) mass is 381 g/mol. The molecule has 5 nitrogen and oxygen atoms in total. The van der Waals surface area contributed by atoms with E-state index in [1.807, 2.05) is 0 Å². The number of halogens is 2. The first kappa shape index (κ1) is 21.0. The number of carbonyl (C=O) groups is 2. The lowest BCUT2D eigenvalue weighted by atomic mass is 9.97. The van der Waals surface area contributed by atoms with Gasteiger partial charge in [-0.15, -0.1) is 0 Å². The van der Waals surface area contributed by atoms with Gasteiger partial charge in [-0.2, -0.15) is 0 Å². The highest BCUT2D eigenvalue weighted by atomic mass is 79.9. The van der Waals surface area contributed by atoms with Crippen molar-refractivity contribution < 1.29 is 23.5 Å². The van der Waals surface area contributed by atoms with Crippen molar-refractivity contribution in [2.45, 2.75) is 58.6 Å². The van der Waals surface area contributed by atoms with Gasteiger partial charge in [0.05, 0.1) is 15.7 Å². The smallest absolute Gasteiger partial charge is 0.311 e. The van der Waals surface area contributed by atoms with E-state index < -0.39 is 39.9 Å². The largest absolute Gasteiger partial charge is 0.464 e. The van der Waals surface area contributed by atoms with Gasteiger partial charge < -0.3 is 14.9 Å².